The molecule has 2 atom stereocenters. The van der Waals surface area contributed by atoms with Crippen molar-refractivity contribution in [2.75, 3.05) is 6.61 Å². The molecule has 1 aromatic heterocycles. The molecule has 1 amide bonds. The Morgan fingerprint density at radius 1 is 1.33 bits per heavy atom. The zero-order valence-corrected chi connectivity index (χ0v) is 13.4. The van der Waals surface area contributed by atoms with E-state index in [1.165, 1.54) is 22.8 Å². The number of amides is 1. The monoisotopic (exact) mass is 330 g/mol. The average Bonchev–Trinajstić information content (AvgIpc) is 3.10. The molecular weight excluding hydrogens is 311 g/mol. The fourth-order valence-corrected chi connectivity index (χ4v) is 2.84. The van der Waals surface area contributed by atoms with Gasteiger partial charge in [0.15, 0.2) is 0 Å². The van der Waals surface area contributed by atoms with Crippen molar-refractivity contribution in [3.05, 3.63) is 69.9 Å². The maximum Gasteiger partial charge on any atom is 0.252 e. The topological polar surface area (TPSA) is 60.3 Å². The van der Waals surface area contributed by atoms with E-state index in [1.54, 1.807) is 31.4 Å². The van der Waals surface area contributed by atoms with Crippen LogP contribution >= 0.6 is 0 Å². The quantitative estimate of drug-likeness (QED) is 0.935. The van der Waals surface area contributed by atoms with Crippen LogP contribution in [0.1, 0.15) is 34.8 Å². The van der Waals surface area contributed by atoms with E-state index in [-0.39, 0.29) is 29.4 Å². The van der Waals surface area contributed by atoms with Crippen LogP contribution < -0.4 is 10.9 Å². The van der Waals surface area contributed by atoms with E-state index in [0.29, 0.717) is 12.2 Å². The molecule has 2 heterocycles. The molecule has 0 spiro atoms. The highest BCUT2D eigenvalue weighted by Crippen LogP contribution is 2.27. The Balaban J connectivity index is 1.85. The smallest absolute Gasteiger partial charge is 0.252 e. The normalized spacial score (nSPS) is 18.3. The van der Waals surface area contributed by atoms with Gasteiger partial charge in [0.25, 0.3) is 11.5 Å². The maximum atomic E-state index is 13.2. The number of rotatable bonds is 4. The number of nitrogens with one attached hydrogen (secondary N) is 1. The second kappa shape index (κ2) is 6.97. The number of ether oxygens (including phenoxy) is 1. The van der Waals surface area contributed by atoms with Gasteiger partial charge in [-0.15, -0.1) is 0 Å². The summed E-state index contributed by atoms with van der Waals surface area (Å²) in [6, 6.07) is 8.52. The zero-order valence-electron chi connectivity index (χ0n) is 13.4. The van der Waals surface area contributed by atoms with Crippen molar-refractivity contribution >= 4 is 5.91 Å². The third-order valence-electron chi connectivity index (χ3n) is 4.22. The Kier molecular flexibility index (Phi) is 4.76. The van der Waals surface area contributed by atoms with Crippen molar-refractivity contribution in [3.63, 3.8) is 0 Å². The van der Waals surface area contributed by atoms with Crippen molar-refractivity contribution < 1.29 is 13.9 Å². The van der Waals surface area contributed by atoms with Crippen molar-refractivity contribution in [1.82, 2.24) is 9.88 Å². The minimum Gasteiger partial charge on any atom is -0.376 e. The lowest BCUT2D eigenvalue weighted by atomic mass is 9.98. The summed E-state index contributed by atoms with van der Waals surface area (Å²) in [4.78, 5) is 24.2. The Bertz CT molecular complexity index is 780. The molecule has 1 fully saturated rings. The van der Waals surface area contributed by atoms with Crippen molar-refractivity contribution in [2.45, 2.75) is 25.0 Å². The molecule has 0 aliphatic carbocycles. The molecule has 1 aliphatic rings. The summed E-state index contributed by atoms with van der Waals surface area (Å²) in [7, 11) is 1.62. The Hall–Kier alpha value is -2.47. The first-order valence-corrected chi connectivity index (χ1v) is 7.89. The van der Waals surface area contributed by atoms with E-state index in [9.17, 15) is 14.0 Å². The van der Waals surface area contributed by atoms with Crippen LogP contribution in [0.25, 0.3) is 0 Å². The summed E-state index contributed by atoms with van der Waals surface area (Å²) >= 11 is 0. The van der Waals surface area contributed by atoms with E-state index in [1.807, 2.05) is 0 Å². The van der Waals surface area contributed by atoms with E-state index in [4.69, 9.17) is 4.74 Å². The standard InChI is InChI=1S/C18H19FN2O3/c1-21-9-8-13(11-16(21)22)18(23)20-17(15-3-2-10-24-15)12-4-6-14(19)7-5-12/h4-9,11,15,17H,2-3,10H2,1H3,(H,20,23)/t15-,17-/m1/s1. The number of hydrogen-bond donors (Lipinski definition) is 1. The maximum absolute atomic E-state index is 13.2. The van der Waals surface area contributed by atoms with E-state index < -0.39 is 0 Å². The van der Waals surface area contributed by atoms with Gasteiger partial charge in [0.05, 0.1) is 12.1 Å². The number of nitrogens with zero attached hydrogens (tertiary/aromatic N) is 1. The van der Waals surface area contributed by atoms with Gasteiger partial charge in [-0.05, 0) is 36.6 Å². The van der Waals surface area contributed by atoms with Crippen LogP contribution in [0.2, 0.25) is 0 Å². The Morgan fingerprint density at radius 3 is 2.71 bits per heavy atom. The third-order valence-corrected chi connectivity index (χ3v) is 4.22. The molecule has 6 heteroatoms. The Labute approximate surface area is 139 Å². The molecule has 24 heavy (non-hydrogen) atoms. The first kappa shape index (κ1) is 16.4. The highest BCUT2D eigenvalue weighted by atomic mass is 19.1. The zero-order chi connectivity index (χ0) is 17.1. The van der Waals surface area contributed by atoms with Crippen LogP contribution in [0.15, 0.2) is 47.4 Å². The minimum atomic E-state index is -0.385. The van der Waals surface area contributed by atoms with Gasteiger partial charge >= 0.3 is 0 Å². The number of carbonyl (C=O) groups is 1. The molecule has 0 bridgehead atoms. The number of carbonyl (C=O) groups excluding carboxylic acids is 1. The van der Waals surface area contributed by atoms with Gasteiger partial charge in [0, 0.05) is 31.5 Å². The van der Waals surface area contributed by atoms with Crippen LogP contribution in [-0.4, -0.2) is 23.2 Å². The number of benzene rings is 1. The van der Waals surface area contributed by atoms with Gasteiger partial charge in [-0.2, -0.15) is 0 Å². The lowest BCUT2D eigenvalue weighted by Crippen LogP contribution is -2.36. The molecule has 1 aromatic carbocycles. The molecule has 1 saturated heterocycles. The van der Waals surface area contributed by atoms with E-state index in [2.05, 4.69) is 5.32 Å². The molecule has 0 radical (unpaired) electrons. The fraction of sp³-hybridized carbons (Fsp3) is 0.333. The van der Waals surface area contributed by atoms with Crippen molar-refractivity contribution in [1.29, 1.82) is 0 Å². The molecule has 1 N–H and O–H groups in total. The minimum absolute atomic E-state index is 0.161. The summed E-state index contributed by atoms with van der Waals surface area (Å²) in [5, 5.41) is 2.92. The van der Waals surface area contributed by atoms with Crippen LogP contribution in [0.3, 0.4) is 0 Å². The summed E-state index contributed by atoms with van der Waals surface area (Å²) < 4.78 is 20.3. The lowest BCUT2D eigenvalue weighted by Gasteiger charge is -2.25. The first-order chi connectivity index (χ1) is 11.5. The van der Waals surface area contributed by atoms with Gasteiger partial charge in [-0.25, -0.2) is 4.39 Å². The molecule has 0 unspecified atom stereocenters. The van der Waals surface area contributed by atoms with Gasteiger partial charge in [-0.1, -0.05) is 12.1 Å². The number of aryl methyl sites for hydroxylation is 1. The molecular formula is C18H19FN2O3. The second-order valence-corrected chi connectivity index (χ2v) is 5.92. The number of halogens is 1. The summed E-state index contributed by atoms with van der Waals surface area (Å²) in [5.74, 6) is -0.680. The van der Waals surface area contributed by atoms with Gasteiger partial charge in [-0.3, -0.25) is 9.59 Å². The van der Waals surface area contributed by atoms with Crippen molar-refractivity contribution in [3.8, 4) is 0 Å². The third kappa shape index (κ3) is 3.54. The molecule has 1 aliphatic heterocycles. The summed E-state index contributed by atoms with van der Waals surface area (Å²) in [5.41, 5.74) is 0.821. The summed E-state index contributed by atoms with van der Waals surface area (Å²) in [6.45, 7) is 0.643. The SMILES string of the molecule is Cn1ccc(C(=O)N[C@H](c2ccc(F)cc2)[C@H]2CCCO2)cc1=O. The molecule has 126 valence electrons. The predicted molar refractivity (Wildman–Crippen MR) is 87.3 cm³/mol. The van der Waals surface area contributed by atoms with Gasteiger partial charge < -0.3 is 14.6 Å². The molecule has 2 aromatic rings. The van der Waals surface area contributed by atoms with Gasteiger partial charge in [0.2, 0.25) is 0 Å². The average molecular weight is 330 g/mol. The fourth-order valence-electron chi connectivity index (χ4n) is 2.84. The van der Waals surface area contributed by atoms with Crippen LogP contribution in [0.4, 0.5) is 4.39 Å². The highest BCUT2D eigenvalue weighted by molar-refractivity contribution is 5.94. The second-order valence-electron chi connectivity index (χ2n) is 5.92. The number of aromatic nitrogens is 1. The molecule has 3 rings (SSSR count). The van der Waals surface area contributed by atoms with Crippen LogP contribution in [0, 0.1) is 5.82 Å². The predicted octanol–water partition coefficient (Wildman–Crippen LogP) is 2.17. The number of pyridine rings is 1. The van der Waals surface area contributed by atoms with Crippen LogP contribution in [-0.2, 0) is 11.8 Å². The Morgan fingerprint density at radius 2 is 2.08 bits per heavy atom. The largest absolute Gasteiger partial charge is 0.376 e. The van der Waals surface area contributed by atoms with Crippen LogP contribution in [0.5, 0.6) is 0 Å². The summed E-state index contributed by atoms with van der Waals surface area (Å²) in [6.07, 6.45) is 3.13. The van der Waals surface area contributed by atoms with E-state index >= 15 is 0 Å². The molecule has 5 nitrogen and oxygen atoms in total. The highest BCUT2D eigenvalue weighted by Gasteiger charge is 2.29. The van der Waals surface area contributed by atoms with Gasteiger partial charge in [0.1, 0.15) is 5.82 Å². The van der Waals surface area contributed by atoms with Crippen molar-refractivity contribution in [2.24, 2.45) is 7.05 Å². The lowest BCUT2D eigenvalue weighted by molar-refractivity contribution is 0.0672. The first-order valence-electron chi connectivity index (χ1n) is 7.89. The molecule has 0 saturated carbocycles. The number of hydrogen-bond acceptors (Lipinski definition) is 3. The van der Waals surface area contributed by atoms with E-state index in [0.717, 1.165) is 18.4 Å².